The highest BCUT2D eigenvalue weighted by Crippen LogP contribution is 2.36. The quantitative estimate of drug-likeness (QED) is 0.790. The van der Waals surface area contributed by atoms with E-state index in [1.165, 1.54) is 0 Å². The Morgan fingerprint density at radius 3 is 2.38 bits per heavy atom. The molecule has 1 aliphatic heterocycles. The van der Waals surface area contributed by atoms with Gasteiger partial charge < -0.3 is 9.31 Å². The third-order valence-corrected chi connectivity index (χ3v) is 4.23. The van der Waals surface area contributed by atoms with Gasteiger partial charge in [-0.15, -0.1) is 0 Å². The van der Waals surface area contributed by atoms with Gasteiger partial charge in [0, 0.05) is 12.4 Å². The van der Waals surface area contributed by atoms with Crippen LogP contribution < -0.4 is 5.59 Å². The molecule has 21 heavy (non-hydrogen) atoms. The van der Waals surface area contributed by atoms with Gasteiger partial charge in [0.25, 0.3) is 0 Å². The summed E-state index contributed by atoms with van der Waals surface area (Å²) in [7, 11) is -0.436. The average molecular weight is 285 g/mol. The number of rotatable bonds is 2. The van der Waals surface area contributed by atoms with E-state index in [9.17, 15) is 0 Å². The summed E-state index contributed by atoms with van der Waals surface area (Å²) in [4.78, 5) is 4.19. The zero-order chi connectivity index (χ0) is 15.3. The maximum atomic E-state index is 6.01. The molecule has 2 aromatic heterocycles. The van der Waals surface area contributed by atoms with E-state index < -0.39 is 7.12 Å². The SMILES string of the molecule is Cc1cncc(-n2ccc(B3OC(C)(C)C(C)(C)O3)n2)c1. The molecule has 3 heterocycles. The van der Waals surface area contributed by atoms with Crippen LogP contribution in [0.3, 0.4) is 0 Å². The molecule has 0 aromatic carbocycles. The van der Waals surface area contributed by atoms with Crippen LogP contribution in [0.5, 0.6) is 0 Å². The first-order valence-corrected chi connectivity index (χ1v) is 7.12. The van der Waals surface area contributed by atoms with Crippen LogP contribution >= 0.6 is 0 Å². The maximum absolute atomic E-state index is 6.01. The van der Waals surface area contributed by atoms with E-state index in [4.69, 9.17) is 9.31 Å². The molecule has 5 nitrogen and oxygen atoms in total. The predicted octanol–water partition coefficient (Wildman–Crippen LogP) is 1.87. The third kappa shape index (κ3) is 2.49. The number of aryl methyl sites for hydroxylation is 1. The van der Waals surface area contributed by atoms with E-state index in [0.717, 1.165) is 16.8 Å². The molecule has 1 fully saturated rings. The largest absolute Gasteiger partial charge is 0.516 e. The van der Waals surface area contributed by atoms with E-state index in [0.29, 0.717) is 0 Å². The fourth-order valence-corrected chi connectivity index (χ4v) is 2.24. The van der Waals surface area contributed by atoms with E-state index in [1.807, 2.05) is 59.1 Å². The monoisotopic (exact) mass is 285 g/mol. The van der Waals surface area contributed by atoms with Crippen LogP contribution in [0.2, 0.25) is 0 Å². The van der Waals surface area contributed by atoms with Crippen molar-refractivity contribution in [3.05, 3.63) is 36.3 Å². The minimum absolute atomic E-state index is 0.355. The van der Waals surface area contributed by atoms with Crippen molar-refractivity contribution in [1.29, 1.82) is 0 Å². The van der Waals surface area contributed by atoms with E-state index >= 15 is 0 Å². The molecule has 3 rings (SSSR count). The first kappa shape index (κ1) is 14.3. The highest BCUT2D eigenvalue weighted by Gasteiger charge is 2.52. The second-order valence-corrected chi connectivity index (χ2v) is 6.49. The number of nitrogens with zero attached hydrogens (tertiary/aromatic N) is 3. The van der Waals surface area contributed by atoms with Crippen LogP contribution in [0, 0.1) is 6.92 Å². The van der Waals surface area contributed by atoms with Gasteiger partial charge in [-0.1, -0.05) is 0 Å². The second-order valence-electron chi connectivity index (χ2n) is 6.49. The summed E-state index contributed by atoms with van der Waals surface area (Å²) >= 11 is 0. The van der Waals surface area contributed by atoms with Crippen molar-refractivity contribution in [1.82, 2.24) is 14.8 Å². The summed E-state index contributed by atoms with van der Waals surface area (Å²) in [5.41, 5.74) is 2.09. The van der Waals surface area contributed by atoms with Gasteiger partial charge >= 0.3 is 7.12 Å². The fraction of sp³-hybridized carbons (Fsp3) is 0.467. The van der Waals surface area contributed by atoms with Crippen LogP contribution in [0.15, 0.2) is 30.7 Å². The van der Waals surface area contributed by atoms with Gasteiger partial charge in [-0.05, 0) is 52.3 Å². The van der Waals surface area contributed by atoms with E-state index in [1.54, 1.807) is 10.9 Å². The van der Waals surface area contributed by atoms with Crippen molar-refractivity contribution in [2.75, 3.05) is 0 Å². The Labute approximate surface area is 125 Å². The zero-order valence-electron chi connectivity index (χ0n) is 13.1. The number of hydrogen-bond acceptors (Lipinski definition) is 4. The van der Waals surface area contributed by atoms with Gasteiger partial charge in [0.2, 0.25) is 0 Å². The molecule has 1 saturated heterocycles. The zero-order valence-corrected chi connectivity index (χ0v) is 13.1. The van der Waals surface area contributed by atoms with Gasteiger partial charge in [-0.25, -0.2) is 4.68 Å². The molecule has 0 amide bonds. The lowest BCUT2D eigenvalue weighted by Gasteiger charge is -2.32. The molecular weight excluding hydrogens is 265 g/mol. The van der Waals surface area contributed by atoms with Crippen LogP contribution in [-0.4, -0.2) is 33.1 Å². The minimum atomic E-state index is -0.436. The van der Waals surface area contributed by atoms with Crippen molar-refractivity contribution in [3.8, 4) is 5.69 Å². The van der Waals surface area contributed by atoms with Gasteiger partial charge in [0.1, 0.15) is 0 Å². The molecule has 0 aliphatic carbocycles. The minimum Gasteiger partial charge on any atom is -0.398 e. The number of aromatic nitrogens is 3. The van der Waals surface area contributed by atoms with Crippen molar-refractivity contribution in [2.45, 2.75) is 45.8 Å². The van der Waals surface area contributed by atoms with Crippen molar-refractivity contribution < 1.29 is 9.31 Å². The lowest BCUT2D eigenvalue weighted by molar-refractivity contribution is 0.00578. The molecule has 0 saturated carbocycles. The lowest BCUT2D eigenvalue weighted by Crippen LogP contribution is -2.41. The topological polar surface area (TPSA) is 49.2 Å². The third-order valence-electron chi connectivity index (χ3n) is 4.23. The first-order valence-electron chi connectivity index (χ1n) is 7.12. The Hall–Kier alpha value is -1.66. The Morgan fingerprint density at radius 1 is 1.10 bits per heavy atom. The molecule has 110 valence electrons. The lowest BCUT2D eigenvalue weighted by atomic mass is 9.85. The van der Waals surface area contributed by atoms with E-state index in [2.05, 4.69) is 10.1 Å². The normalized spacial score (nSPS) is 20.0. The fourth-order valence-electron chi connectivity index (χ4n) is 2.24. The molecule has 0 bridgehead atoms. The van der Waals surface area contributed by atoms with Gasteiger partial charge in [0.05, 0.1) is 28.7 Å². The standard InChI is InChI=1S/C15H20BN3O2/c1-11-8-12(10-17-9-11)19-7-6-13(18-19)16-20-14(2,3)15(4,5)21-16/h6-10H,1-5H3. The Balaban J connectivity index is 1.87. The second kappa shape index (κ2) is 4.68. The molecule has 2 aromatic rings. The summed E-state index contributed by atoms with van der Waals surface area (Å²) in [5.74, 6) is 0. The van der Waals surface area contributed by atoms with Gasteiger partial charge in [-0.3, -0.25) is 4.98 Å². The summed E-state index contributed by atoms with van der Waals surface area (Å²) in [5, 5.41) is 4.56. The van der Waals surface area contributed by atoms with Gasteiger partial charge in [-0.2, -0.15) is 5.10 Å². The highest BCUT2D eigenvalue weighted by atomic mass is 16.7. The average Bonchev–Trinajstić information content (AvgIpc) is 2.93. The Bertz CT molecular complexity index is 650. The molecule has 1 aliphatic rings. The first-order chi connectivity index (χ1) is 9.78. The van der Waals surface area contributed by atoms with Crippen molar-refractivity contribution in [3.63, 3.8) is 0 Å². The van der Waals surface area contributed by atoms with Crippen molar-refractivity contribution in [2.24, 2.45) is 0 Å². The van der Waals surface area contributed by atoms with Crippen molar-refractivity contribution >= 4 is 12.7 Å². The summed E-state index contributed by atoms with van der Waals surface area (Å²) in [6, 6.07) is 3.96. The molecular formula is C15H20BN3O2. The smallest absolute Gasteiger partial charge is 0.398 e. The maximum Gasteiger partial charge on any atom is 0.516 e. The number of pyridine rings is 1. The Kier molecular flexibility index (Phi) is 3.18. The van der Waals surface area contributed by atoms with Crippen LogP contribution in [0.4, 0.5) is 0 Å². The van der Waals surface area contributed by atoms with Crippen LogP contribution in [-0.2, 0) is 9.31 Å². The summed E-state index contributed by atoms with van der Waals surface area (Å²) in [6.07, 6.45) is 5.51. The molecule has 0 spiro atoms. The summed E-state index contributed by atoms with van der Waals surface area (Å²) in [6.45, 7) is 10.2. The molecule has 0 radical (unpaired) electrons. The molecule has 0 atom stereocenters. The Morgan fingerprint density at radius 2 is 1.76 bits per heavy atom. The van der Waals surface area contributed by atoms with E-state index in [-0.39, 0.29) is 11.2 Å². The molecule has 6 heteroatoms. The molecule has 0 N–H and O–H groups in total. The highest BCUT2D eigenvalue weighted by molar-refractivity contribution is 6.61. The van der Waals surface area contributed by atoms with Crippen LogP contribution in [0.1, 0.15) is 33.3 Å². The summed E-state index contributed by atoms with van der Waals surface area (Å²) < 4.78 is 13.8. The number of hydrogen-bond donors (Lipinski definition) is 0. The van der Waals surface area contributed by atoms with Gasteiger partial charge in [0.15, 0.2) is 0 Å². The molecule has 0 unspecified atom stereocenters. The van der Waals surface area contributed by atoms with Crippen LogP contribution in [0.25, 0.3) is 5.69 Å². The predicted molar refractivity (Wildman–Crippen MR) is 81.8 cm³/mol.